The number of nitriles is 1. The summed E-state index contributed by atoms with van der Waals surface area (Å²) in [4.78, 5) is 14.5. The number of ether oxygens (including phenoxy) is 1. The van der Waals surface area contributed by atoms with Crippen LogP contribution in [0.5, 0.6) is 0 Å². The number of nitrogens with zero attached hydrogens (tertiary/aromatic N) is 4. The number of methoxy groups -OCH3 is 1. The van der Waals surface area contributed by atoms with Crippen LogP contribution >= 0.6 is 0 Å². The Morgan fingerprint density at radius 3 is 2.96 bits per heavy atom. The summed E-state index contributed by atoms with van der Waals surface area (Å²) in [5.74, 6) is 0.311. The highest BCUT2D eigenvalue weighted by molar-refractivity contribution is 5.81. The van der Waals surface area contributed by atoms with Crippen molar-refractivity contribution in [1.29, 1.82) is 5.26 Å². The molecule has 1 aromatic heterocycles. The van der Waals surface area contributed by atoms with E-state index in [4.69, 9.17) is 4.74 Å². The van der Waals surface area contributed by atoms with E-state index in [1.807, 2.05) is 0 Å². The van der Waals surface area contributed by atoms with Crippen molar-refractivity contribution in [1.82, 2.24) is 4.98 Å². The number of aromatic nitrogens is 1. The predicted molar refractivity (Wildman–Crippen MR) is 88.7 cm³/mol. The van der Waals surface area contributed by atoms with Crippen molar-refractivity contribution >= 4 is 17.7 Å². The molecule has 1 aromatic carbocycles. The standard InChI is InChI=1S/C16H15N5O3/c1-11-6-13(10-24-2)15(8-17)16(19-11)20-18-9-12-4-3-5-14(7-12)21(22)23/h3-7,9H,10H2,1-2H3,(H,19,20). The quantitative estimate of drug-likeness (QED) is 0.496. The van der Waals surface area contributed by atoms with Crippen molar-refractivity contribution in [2.75, 3.05) is 12.5 Å². The van der Waals surface area contributed by atoms with Gasteiger partial charge in [-0.15, -0.1) is 0 Å². The second-order valence-electron chi connectivity index (χ2n) is 4.91. The number of rotatable bonds is 6. The number of nitrogens with one attached hydrogen (secondary N) is 1. The van der Waals surface area contributed by atoms with Crippen molar-refractivity contribution in [2.24, 2.45) is 5.10 Å². The number of hydrogen-bond donors (Lipinski definition) is 1. The summed E-state index contributed by atoms with van der Waals surface area (Å²) in [7, 11) is 1.55. The molecule has 122 valence electrons. The molecule has 0 saturated heterocycles. The minimum atomic E-state index is -0.475. The molecule has 0 aliphatic carbocycles. The van der Waals surface area contributed by atoms with Gasteiger partial charge in [-0.2, -0.15) is 10.4 Å². The normalized spacial score (nSPS) is 10.5. The van der Waals surface area contributed by atoms with Gasteiger partial charge < -0.3 is 4.74 Å². The summed E-state index contributed by atoms with van der Waals surface area (Å²) in [6, 6.07) is 9.91. The first-order chi connectivity index (χ1) is 11.5. The third-order valence-corrected chi connectivity index (χ3v) is 3.11. The van der Waals surface area contributed by atoms with E-state index in [-0.39, 0.29) is 12.3 Å². The van der Waals surface area contributed by atoms with Gasteiger partial charge in [0.15, 0.2) is 5.82 Å². The van der Waals surface area contributed by atoms with Gasteiger partial charge in [0.1, 0.15) is 11.6 Å². The summed E-state index contributed by atoms with van der Waals surface area (Å²) in [5, 5.41) is 24.1. The molecule has 8 nitrogen and oxygen atoms in total. The van der Waals surface area contributed by atoms with Crippen molar-refractivity contribution in [3.8, 4) is 6.07 Å². The van der Waals surface area contributed by atoms with Gasteiger partial charge in [0.2, 0.25) is 0 Å². The van der Waals surface area contributed by atoms with Crippen LogP contribution in [0.2, 0.25) is 0 Å². The molecule has 0 atom stereocenters. The number of hydrogen-bond acceptors (Lipinski definition) is 7. The molecule has 0 saturated carbocycles. The summed E-state index contributed by atoms with van der Waals surface area (Å²) >= 11 is 0. The van der Waals surface area contributed by atoms with E-state index in [9.17, 15) is 15.4 Å². The molecule has 0 radical (unpaired) electrons. The van der Waals surface area contributed by atoms with Crippen LogP contribution in [0.15, 0.2) is 35.4 Å². The van der Waals surface area contributed by atoms with Crippen molar-refractivity contribution < 1.29 is 9.66 Å². The Balaban J connectivity index is 2.24. The van der Waals surface area contributed by atoms with E-state index in [1.54, 1.807) is 32.2 Å². The smallest absolute Gasteiger partial charge is 0.270 e. The molecule has 1 N–H and O–H groups in total. The average molecular weight is 325 g/mol. The van der Waals surface area contributed by atoms with Gasteiger partial charge in [-0.3, -0.25) is 15.5 Å². The van der Waals surface area contributed by atoms with Gasteiger partial charge in [-0.1, -0.05) is 12.1 Å². The van der Waals surface area contributed by atoms with Crippen LogP contribution in [-0.4, -0.2) is 23.2 Å². The minimum absolute atomic E-state index is 0.0206. The van der Waals surface area contributed by atoms with Crippen molar-refractivity contribution in [2.45, 2.75) is 13.5 Å². The molecule has 0 spiro atoms. The SMILES string of the molecule is COCc1cc(C)nc(NN=Cc2cccc([N+](=O)[O-])c2)c1C#N. The Bertz CT molecular complexity index is 827. The van der Waals surface area contributed by atoms with Crippen LogP contribution in [0.25, 0.3) is 0 Å². The lowest BCUT2D eigenvalue weighted by molar-refractivity contribution is -0.384. The number of hydrazone groups is 1. The summed E-state index contributed by atoms with van der Waals surface area (Å²) in [6.45, 7) is 2.09. The van der Waals surface area contributed by atoms with E-state index < -0.39 is 4.92 Å². The zero-order valence-electron chi connectivity index (χ0n) is 13.2. The Labute approximate surface area is 138 Å². The molecule has 24 heavy (non-hydrogen) atoms. The minimum Gasteiger partial charge on any atom is -0.380 e. The number of nitro groups is 1. The average Bonchev–Trinajstić information content (AvgIpc) is 2.55. The maximum Gasteiger partial charge on any atom is 0.270 e. The summed E-state index contributed by atoms with van der Waals surface area (Å²) in [6.07, 6.45) is 1.42. The molecule has 1 heterocycles. The molecule has 2 rings (SSSR count). The Morgan fingerprint density at radius 1 is 1.50 bits per heavy atom. The first-order valence-electron chi connectivity index (χ1n) is 6.98. The monoisotopic (exact) mass is 325 g/mol. The maximum atomic E-state index is 10.8. The number of benzene rings is 1. The molecular formula is C16H15N5O3. The van der Waals surface area contributed by atoms with Crippen LogP contribution < -0.4 is 5.43 Å². The highest BCUT2D eigenvalue weighted by atomic mass is 16.6. The van der Waals surface area contributed by atoms with Gasteiger partial charge in [0.05, 0.1) is 17.7 Å². The van der Waals surface area contributed by atoms with E-state index in [0.29, 0.717) is 28.2 Å². The number of aryl methyl sites for hydroxylation is 1. The Kier molecular flexibility index (Phi) is 5.54. The Hall–Kier alpha value is -3.31. The molecule has 0 bridgehead atoms. The molecular weight excluding hydrogens is 310 g/mol. The van der Waals surface area contributed by atoms with Gasteiger partial charge in [0.25, 0.3) is 5.69 Å². The molecule has 0 fully saturated rings. The maximum absolute atomic E-state index is 10.8. The van der Waals surface area contributed by atoms with Crippen LogP contribution in [-0.2, 0) is 11.3 Å². The number of pyridine rings is 1. The van der Waals surface area contributed by atoms with E-state index >= 15 is 0 Å². The van der Waals surface area contributed by atoms with Gasteiger partial charge in [-0.05, 0) is 13.0 Å². The lowest BCUT2D eigenvalue weighted by Gasteiger charge is -2.09. The topological polar surface area (TPSA) is 113 Å². The largest absolute Gasteiger partial charge is 0.380 e. The first kappa shape index (κ1) is 17.1. The first-order valence-corrected chi connectivity index (χ1v) is 6.98. The zero-order chi connectivity index (χ0) is 17.5. The fourth-order valence-corrected chi connectivity index (χ4v) is 2.10. The second kappa shape index (κ2) is 7.80. The highest BCUT2D eigenvalue weighted by Gasteiger charge is 2.11. The molecule has 0 unspecified atom stereocenters. The van der Waals surface area contributed by atoms with E-state index in [2.05, 4.69) is 21.6 Å². The van der Waals surface area contributed by atoms with Gasteiger partial charge >= 0.3 is 0 Å². The third-order valence-electron chi connectivity index (χ3n) is 3.11. The molecule has 0 aliphatic heterocycles. The lowest BCUT2D eigenvalue weighted by atomic mass is 10.1. The highest BCUT2D eigenvalue weighted by Crippen LogP contribution is 2.19. The number of non-ortho nitro benzene ring substituents is 1. The fourth-order valence-electron chi connectivity index (χ4n) is 2.10. The second-order valence-corrected chi connectivity index (χ2v) is 4.91. The third kappa shape index (κ3) is 4.12. The molecule has 0 amide bonds. The van der Waals surface area contributed by atoms with Gasteiger partial charge in [0, 0.05) is 36.1 Å². The lowest BCUT2D eigenvalue weighted by Crippen LogP contribution is -2.03. The molecule has 2 aromatic rings. The summed E-state index contributed by atoms with van der Waals surface area (Å²) < 4.78 is 5.08. The van der Waals surface area contributed by atoms with Crippen LogP contribution in [0.4, 0.5) is 11.5 Å². The fraction of sp³-hybridized carbons (Fsp3) is 0.188. The Morgan fingerprint density at radius 2 is 2.29 bits per heavy atom. The van der Waals surface area contributed by atoms with Crippen molar-refractivity contribution in [3.63, 3.8) is 0 Å². The van der Waals surface area contributed by atoms with Crippen LogP contribution in [0.3, 0.4) is 0 Å². The van der Waals surface area contributed by atoms with E-state index in [1.165, 1.54) is 18.3 Å². The van der Waals surface area contributed by atoms with Crippen molar-refractivity contribution in [3.05, 3.63) is 62.8 Å². The van der Waals surface area contributed by atoms with Gasteiger partial charge in [-0.25, -0.2) is 4.98 Å². The molecule has 8 heteroatoms. The van der Waals surface area contributed by atoms with Crippen LogP contribution in [0, 0.1) is 28.4 Å². The zero-order valence-corrected chi connectivity index (χ0v) is 13.2. The van der Waals surface area contributed by atoms with E-state index in [0.717, 1.165) is 0 Å². The number of nitro benzene ring substituents is 1. The van der Waals surface area contributed by atoms with Crippen LogP contribution in [0.1, 0.15) is 22.4 Å². The predicted octanol–water partition coefficient (Wildman–Crippen LogP) is 2.76. The summed E-state index contributed by atoms with van der Waals surface area (Å²) in [5.41, 5.74) is 5.02. The number of anilines is 1. The molecule has 0 aliphatic rings.